The number of carbonyl (C=O) groups excluding carboxylic acids is 1. The van der Waals surface area contributed by atoms with Gasteiger partial charge in [-0.2, -0.15) is 0 Å². The molecule has 1 atom stereocenters. The number of esters is 1. The second kappa shape index (κ2) is 6.10. The quantitative estimate of drug-likeness (QED) is 0.538. The Balaban J connectivity index is 3.14. The van der Waals surface area contributed by atoms with Gasteiger partial charge in [0.1, 0.15) is 6.04 Å². The molecule has 0 aliphatic rings. The molecule has 0 saturated heterocycles. The molecule has 0 aromatic heterocycles. The minimum atomic E-state index is -3.87. The van der Waals surface area contributed by atoms with Gasteiger partial charge in [-0.25, -0.2) is 18.4 Å². The molecule has 1 aromatic carbocycles. The van der Waals surface area contributed by atoms with Crippen molar-refractivity contribution in [3.05, 3.63) is 18.2 Å². The van der Waals surface area contributed by atoms with Crippen LogP contribution in [0.25, 0.3) is 0 Å². The fraction of sp³-hybridized carbons (Fsp3) is 0.417. The third-order valence-electron chi connectivity index (χ3n) is 2.70. The van der Waals surface area contributed by atoms with Crippen LogP contribution >= 0.6 is 0 Å². The molecule has 0 bridgehead atoms. The summed E-state index contributed by atoms with van der Waals surface area (Å²) in [5.74, 6) is -0.499. The first-order valence-corrected chi connectivity index (χ1v) is 7.47. The summed E-state index contributed by atoms with van der Waals surface area (Å²) < 4.78 is 27.4. The molecule has 8 heteroatoms. The van der Waals surface area contributed by atoms with E-state index < -0.39 is 22.0 Å². The van der Waals surface area contributed by atoms with Crippen molar-refractivity contribution in [2.45, 2.75) is 24.8 Å². The summed E-state index contributed by atoms with van der Waals surface area (Å²) in [5, 5.41) is 7.98. The summed E-state index contributed by atoms with van der Waals surface area (Å²) >= 11 is 0. The lowest BCUT2D eigenvalue weighted by atomic mass is 10.0. The third kappa shape index (κ3) is 4.10. The van der Waals surface area contributed by atoms with Gasteiger partial charge in [0, 0.05) is 11.4 Å². The van der Waals surface area contributed by atoms with Crippen LogP contribution < -0.4 is 16.2 Å². The zero-order valence-corrected chi connectivity index (χ0v) is 12.4. The van der Waals surface area contributed by atoms with Crippen LogP contribution in [-0.2, 0) is 19.6 Å². The molecule has 5 N–H and O–H groups in total. The lowest BCUT2D eigenvalue weighted by Gasteiger charge is -2.21. The van der Waals surface area contributed by atoms with E-state index in [2.05, 4.69) is 5.32 Å². The molecule has 0 aliphatic carbocycles. The van der Waals surface area contributed by atoms with Gasteiger partial charge in [-0.15, -0.1) is 0 Å². The number of ether oxygens (including phenoxy) is 1. The highest BCUT2D eigenvalue weighted by Gasteiger charge is 2.23. The molecule has 7 nitrogen and oxygen atoms in total. The van der Waals surface area contributed by atoms with Crippen LogP contribution in [0.4, 0.5) is 11.4 Å². The summed E-state index contributed by atoms with van der Waals surface area (Å²) in [4.78, 5) is 11.5. The lowest BCUT2D eigenvalue weighted by Crippen LogP contribution is -2.35. The highest BCUT2D eigenvalue weighted by molar-refractivity contribution is 7.89. The van der Waals surface area contributed by atoms with Gasteiger partial charge in [-0.3, -0.25) is 0 Å². The fourth-order valence-corrected chi connectivity index (χ4v) is 2.27. The first-order chi connectivity index (χ1) is 9.15. The Bertz CT molecular complexity index is 599. The standard InChI is InChI=1S/C12H19N3O4S/c1-7(2)11(12(16)19-3)15-9-4-8(13)5-10(6-9)20(14,17)18/h4-7,11,15H,13H2,1-3H3,(H2,14,17,18). The van der Waals surface area contributed by atoms with Gasteiger partial charge in [-0.05, 0) is 24.1 Å². The van der Waals surface area contributed by atoms with E-state index in [1.165, 1.54) is 25.3 Å². The smallest absolute Gasteiger partial charge is 0.328 e. The molecular weight excluding hydrogens is 282 g/mol. The summed E-state index contributed by atoms with van der Waals surface area (Å²) in [7, 11) is -2.58. The number of nitrogens with one attached hydrogen (secondary N) is 1. The number of methoxy groups -OCH3 is 1. The normalized spacial score (nSPS) is 13.1. The summed E-state index contributed by atoms with van der Waals surface area (Å²) in [6.45, 7) is 3.67. The van der Waals surface area contributed by atoms with Gasteiger partial charge in [-0.1, -0.05) is 13.8 Å². The highest BCUT2D eigenvalue weighted by atomic mass is 32.2. The van der Waals surface area contributed by atoms with Crippen LogP contribution in [0.1, 0.15) is 13.8 Å². The average molecular weight is 301 g/mol. The van der Waals surface area contributed by atoms with Gasteiger partial charge in [0.05, 0.1) is 12.0 Å². The number of sulfonamides is 1. The van der Waals surface area contributed by atoms with Crippen molar-refractivity contribution >= 4 is 27.4 Å². The lowest BCUT2D eigenvalue weighted by molar-refractivity contribution is -0.142. The number of anilines is 2. The number of primary sulfonamides is 1. The van der Waals surface area contributed by atoms with Crippen molar-refractivity contribution in [3.8, 4) is 0 Å². The molecule has 0 saturated carbocycles. The molecule has 0 spiro atoms. The van der Waals surface area contributed by atoms with Crippen molar-refractivity contribution in [2.75, 3.05) is 18.2 Å². The van der Waals surface area contributed by atoms with Crippen LogP contribution in [0.15, 0.2) is 23.1 Å². The van der Waals surface area contributed by atoms with Crippen molar-refractivity contribution in [1.29, 1.82) is 0 Å². The van der Waals surface area contributed by atoms with E-state index in [1.807, 2.05) is 13.8 Å². The highest BCUT2D eigenvalue weighted by Crippen LogP contribution is 2.21. The number of benzene rings is 1. The maximum absolute atomic E-state index is 11.7. The van der Waals surface area contributed by atoms with Crippen LogP contribution in [0.3, 0.4) is 0 Å². The Labute approximate surface area is 118 Å². The zero-order valence-electron chi connectivity index (χ0n) is 11.6. The SMILES string of the molecule is COC(=O)C(Nc1cc(N)cc(S(N)(=O)=O)c1)C(C)C. The van der Waals surface area contributed by atoms with Gasteiger partial charge < -0.3 is 15.8 Å². The number of nitrogen functional groups attached to an aromatic ring is 1. The summed E-state index contributed by atoms with van der Waals surface area (Å²) in [6.07, 6.45) is 0. The second-order valence-corrected chi connectivity index (χ2v) is 6.29. The van der Waals surface area contributed by atoms with Crippen molar-refractivity contribution in [3.63, 3.8) is 0 Å². The maximum Gasteiger partial charge on any atom is 0.328 e. The molecule has 0 amide bonds. The van der Waals surface area contributed by atoms with E-state index >= 15 is 0 Å². The molecule has 1 aromatic rings. The number of carbonyl (C=O) groups is 1. The van der Waals surface area contributed by atoms with E-state index in [9.17, 15) is 13.2 Å². The fourth-order valence-electron chi connectivity index (χ4n) is 1.67. The Morgan fingerprint density at radius 3 is 2.35 bits per heavy atom. The molecule has 0 fully saturated rings. The van der Waals surface area contributed by atoms with Crippen molar-refractivity contribution in [2.24, 2.45) is 11.1 Å². The molecule has 20 heavy (non-hydrogen) atoms. The van der Waals surface area contributed by atoms with Crippen LogP contribution in [0.5, 0.6) is 0 Å². The average Bonchev–Trinajstić information content (AvgIpc) is 2.33. The van der Waals surface area contributed by atoms with Crippen molar-refractivity contribution < 1.29 is 17.9 Å². The third-order valence-corrected chi connectivity index (χ3v) is 3.59. The molecule has 0 aliphatic heterocycles. The van der Waals surface area contributed by atoms with Crippen molar-refractivity contribution in [1.82, 2.24) is 0 Å². The molecule has 0 heterocycles. The summed E-state index contributed by atoms with van der Waals surface area (Å²) in [6, 6.07) is 3.48. The number of rotatable bonds is 5. The number of hydrogen-bond acceptors (Lipinski definition) is 6. The monoisotopic (exact) mass is 301 g/mol. The van der Waals surface area contributed by atoms with E-state index in [0.29, 0.717) is 5.69 Å². The molecule has 0 radical (unpaired) electrons. The predicted octanol–water partition coefficient (Wildman–Crippen LogP) is 0.526. The first kappa shape index (κ1) is 16.3. The van der Waals surface area contributed by atoms with E-state index in [0.717, 1.165) is 0 Å². The Morgan fingerprint density at radius 1 is 1.30 bits per heavy atom. The van der Waals surface area contributed by atoms with E-state index in [4.69, 9.17) is 15.6 Å². The van der Waals surface area contributed by atoms with Gasteiger partial charge >= 0.3 is 5.97 Å². The van der Waals surface area contributed by atoms with Gasteiger partial charge in [0.15, 0.2) is 0 Å². The topological polar surface area (TPSA) is 125 Å². The van der Waals surface area contributed by atoms with Gasteiger partial charge in [0.25, 0.3) is 0 Å². The Kier molecular flexibility index (Phi) is 4.96. The van der Waals surface area contributed by atoms with Gasteiger partial charge in [0.2, 0.25) is 10.0 Å². The first-order valence-electron chi connectivity index (χ1n) is 5.93. The zero-order chi connectivity index (χ0) is 15.5. The van der Waals surface area contributed by atoms with Crippen LogP contribution in [0, 0.1) is 5.92 Å². The molecule has 112 valence electrons. The molecular formula is C12H19N3O4S. The minimum absolute atomic E-state index is 0.0539. The number of hydrogen-bond donors (Lipinski definition) is 3. The Morgan fingerprint density at radius 2 is 1.90 bits per heavy atom. The predicted molar refractivity (Wildman–Crippen MR) is 76.5 cm³/mol. The summed E-state index contributed by atoms with van der Waals surface area (Å²) in [5.41, 5.74) is 6.26. The van der Waals surface area contributed by atoms with Crippen LogP contribution in [-0.4, -0.2) is 27.5 Å². The maximum atomic E-state index is 11.7. The van der Waals surface area contributed by atoms with E-state index in [1.54, 1.807) is 0 Å². The Hall–Kier alpha value is -1.80. The minimum Gasteiger partial charge on any atom is -0.467 e. The number of nitrogens with two attached hydrogens (primary N) is 2. The largest absolute Gasteiger partial charge is 0.467 e. The van der Waals surface area contributed by atoms with Crippen LogP contribution in [0.2, 0.25) is 0 Å². The second-order valence-electron chi connectivity index (χ2n) is 4.72. The van der Waals surface area contributed by atoms with E-state index in [-0.39, 0.29) is 16.5 Å². The molecule has 1 unspecified atom stereocenters. The molecule has 1 rings (SSSR count).